The molecule has 0 amide bonds. The summed E-state index contributed by atoms with van der Waals surface area (Å²) in [5, 5.41) is 18.7. The van der Waals surface area contributed by atoms with Crippen LogP contribution >= 0.6 is 0 Å². The van der Waals surface area contributed by atoms with Gasteiger partial charge in [-0.05, 0) is 38.0 Å². The predicted octanol–water partition coefficient (Wildman–Crippen LogP) is 4.26. The summed E-state index contributed by atoms with van der Waals surface area (Å²) in [5.74, 6) is 0.880. The van der Waals surface area contributed by atoms with Crippen molar-refractivity contribution in [3.63, 3.8) is 0 Å². The van der Waals surface area contributed by atoms with Crippen molar-refractivity contribution in [1.82, 2.24) is 19.9 Å². The molecule has 1 N–H and O–H groups in total. The Bertz CT molecular complexity index is 1120. The van der Waals surface area contributed by atoms with Crippen molar-refractivity contribution >= 4 is 0 Å². The zero-order chi connectivity index (χ0) is 20.6. The molecule has 4 rings (SSSR count). The molecule has 0 unspecified atom stereocenters. The maximum atomic E-state index is 10.1. The molecule has 0 radical (unpaired) electrons. The Labute approximate surface area is 169 Å². The Morgan fingerprint density at radius 3 is 2.38 bits per heavy atom. The van der Waals surface area contributed by atoms with Crippen LogP contribution in [-0.2, 0) is 19.1 Å². The first kappa shape index (κ1) is 19.1. The Morgan fingerprint density at radius 2 is 1.72 bits per heavy atom. The lowest BCUT2D eigenvalue weighted by Gasteiger charge is -2.17. The molecule has 2 aromatic heterocycles. The summed E-state index contributed by atoms with van der Waals surface area (Å²) in [5.41, 5.74) is 4.96. The summed E-state index contributed by atoms with van der Waals surface area (Å²) >= 11 is 0. The van der Waals surface area contributed by atoms with Gasteiger partial charge in [0.1, 0.15) is 0 Å². The average Bonchev–Trinajstić information content (AvgIpc) is 3.30. The molecule has 0 aliphatic heterocycles. The molecule has 0 saturated carbocycles. The summed E-state index contributed by atoms with van der Waals surface area (Å²) in [6.07, 6.45) is 0.781. The van der Waals surface area contributed by atoms with Crippen LogP contribution in [0.5, 0.6) is 0 Å². The van der Waals surface area contributed by atoms with E-state index in [-0.39, 0.29) is 0 Å². The van der Waals surface area contributed by atoms with Crippen molar-refractivity contribution in [2.75, 3.05) is 0 Å². The normalized spacial score (nSPS) is 11.8. The first-order valence-corrected chi connectivity index (χ1v) is 9.55. The molecule has 0 bridgehead atoms. The maximum Gasteiger partial charge on any atom is 0.278 e. The Balaban J connectivity index is 1.56. The van der Waals surface area contributed by atoms with Crippen LogP contribution in [0.2, 0.25) is 0 Å². The fourth-order valence-corrected chi connectivity index (χ4v) is 3.16. The first-order valence-electron chi connectivity index (χ1n) is 9.55. The molecule has 6 heteroatoms. The first-order chi connectivity index (χ1) is 13.8. The molecule has 2 aromatic carbocycles. The molecule has 0 atom stereocenters. The van der Waals surface area contributed by atoms with Gasteiger partial charge in [-0.15, -0.1) is 0 Å². The van der Waals surface area contributed by atoms with Crippen LogP contribution in [0, 0.1) is 6.92 Å². The standard InChI is InChI=1S/C23H24N4O2/c1-15-5-7-16(8-6-15)13-19-14-20(25-27(19)4)22-24-21(26-29-22)17-9-11-18(12-10-17)23(2,3)28/h5-12,14,28H,13H2,1-4H3. The second-order valence-corrected chi connectivity index (χ2v) is 7.87. The number of hydrogen-bond acceptors (Lipinski definition) is 5. The Morgan fingerprint density at radius 1 is 1.03 bits per heavy atom. The van der Waals surface area contributed by atoms with Crippen LogP contribution in [0.4, 0.5) is 0 Å². The Kier molecular flexibility index (Phi) is 4.80. The van der Waals surface area contributed by atoms with Gasteiger partial charge in [0.05, 0.1) is 5.60 Å². The second-order valence-electron chi connectivity index (χ2n) is 7.87. The topological polar surface area (TPSA) is 77.0 Å². The van der Waals surface area contributed by atoms with E-state index in [4.69, 9.17) is 4.52 Å². The van der Waals surface area contributed by atoms with E-state index >= 15 is 0 Å². The minimum absolute atomic E-state index is 0.386. The highest BCUT2D eigenvalue weighted by atomic mass is 16.5. The van der Waals surface area contributed by atoms with E-state index in [0.717, 1.165) is 23.2 Å². The van der Waals surface area contributed by atoms with Crippen molar-refractivity contribution in [2.45, 2.75) is 32.8 Å². The van der Waals surface area contributed by atoms with Gasteiger partial charge >= 0.3 is 0 Å². The molecular weight excluding hydrogens is 364 g/mol. The van der Waals surface area contributed by atoms with Crippen LogP contribution in [0.1, 0.15) is 36.2 Å². The fraction of sp³-hybridized carbons (Fsp3) is 0.261. The third kappa shape index (κ3) is 4.12. The molecule has 2 heterocycles. The molecule has 0 aliphatic rings. The summed E-state index contributed by atoms with van der Waals surface area (Å²) in [7, 11) is 1.92. The predicted molar refractivity (Wildman–Crippen MR) is 111 cm³/mol. The highest BCUT2D eigenvalue weighted by Gasteiger charge is 2.18. The minimum Gasteiger partial charge on any atom is -0.386 e. The number of aliphatic hydroxyl groups is 1. The number of hydrogen-bond donors (Lipinski definition) is 1. The summed E-state index contributed by atoms with van der Waals surface area (Å²) < 4.78 is 7.30. The fourth-order valence-electron chi connectivity index (χ4n) is 3.16. The molecule has 29 heavy (non-hydrogen) atoms. The molecular formula is C23H24N4O2. The van der Waals surface area contributed by atoms with E-state index in [2.05, 4.69) is 46.4 Å². The smallest absolute Gasteiger partial charge is 0.278 e. The molecule has 4 aromatic rings. The van der Waals surface area contributed by atoms with E-state index in [0.29, 0.717) is 17.4 Å². The van der Waals surface area contributed by atoms with Crippen molar-refractivity contribution < 1.29 is 9.63 Å². The van der Waals surface area contributed by atoms with Gasteiger partial charge in [0.2, 0.25) is 5.82 Å². The van der Waals surface area contributed by atoms with E-state index < -0.39 is 5.60 Å². The minimum atomic E-state index is -0.886. The third-order valence-corrected chi connectivity index (χ3v) is 4.98. The second kappa shape index (κ2) is 7.29. The van der Waals surface area contributed by atoms with E-state index in [1.807, 2.05) is 42.1 Å². The van der Waals surface area contributed by atoms with Crippen LogP contribution in [0.15, 0.2) is 59.1 Å². The van der Waals surface area contributed by atoms with E-state index in [9.17, 15) is 5.11 Å². The lowest BCUT2D eigenvalue weighted by molar-refractivity contribution is 0.0786. The number of rotatable bonds is 5. The van der Waals surface area contributed by atoms with Gasteiger partial charge in [-0.2, -0.15) is 10.1 Å². The largest absolute Gasteiger partial charge is 0.386 e. The molecule has 0 spiro atoms. The van der Waals surface area contributed by atoms with Gasteiger partial charge < -0.3 is 9.63 Å². The Hall–Kier alpha value is -3.25. The highest BCUT2D eigenvalue weighted by molar-refractivity contribution is 5.58. The lowest BCUT2D eigenvalue weighted by Crippen LogP contribution is -2.14. The summed E-state index contributed by atoms with van der Waals surface area (Å²) in [6, 6.07) is 18.0. The SMILES string of the molecule is Cc1ccc(Cc2cc(-c3nc(-c4ccc(C(C)(C)O)cc4)no3)nn2C)cc1. The van der Waals surface area contributed by atoms with Crippen molar-refractivity contribution in [3.8, 4) is 23.0 Å². The molecule has 0 aliphatic carbocycles. The number of benzene rings is 2. The molecule has 0 fully saturated rings. The van der Waals surface area contributed by atoms with Crippen LogP contribution < -0.4 is 0 Å². The quantitative estimate of drug-likeness (QED) is 0.553. The molecule has 148 valence electrons. The van der Waals surface area contributed by atoms with Gasteiger partial charge in [-0.3, -0.25) is 4.68 Å². The zero-order valence-corrected chi connectivity index (χ0v) is 17.0. The van der Waals surface area contributed by atoms with Crippen molar-refractivity contribution in [3.05, 3.63) is 77.0 Å². The maximum absolute atomic E-state index is 10.1. The van der Waals surface area contributed by atoms with Crippen molar-refractivity contribution in [1.29, 1.82) is 0 Å². The summed E-state index contributed by atoms with van der Waals surface area (Å²) in [4.78, 5) is 4.50. The van der Waals surface area contributed by atoms with E-state index in [1.165, 1.54) is 11.1 Å². The van der Waals surface area contributed by atoms with Crippen LogP contribution in [0.3, 0.4) is 0 Å². The van der Waals surface area contributed by atoms with Gasteiger partial charge in [0.25, 0.3) is 5.89 Å². The number of aromatic nitrogens is 4. The molecule has 0 saturated heterocycles. The number of nitrogens with zero attached hydrogens (tertiary/aromatic N) is 4. The van der Waals surface area contributed by atoms with Gasteiger partial charge in [0, 0.05) is 24.7 Å². The van der Waals surface area contributed by atoms with Crippen molar-refractivity contribution in [2.24, 2.45) is 7.05 Å². The average molecular weight is 388 g/mol. The lowest BCUT2D eigenvalue weighted by atomic mass is 9.97. The monoisotopic (exact) mass is 388 g/mol. The third-order valence-electron chi connectivity index (χ3n) is 4.98. The van der Waals surface area contributed by atoms with Gasteiger partial charge in [0.15, 0.2) is 5.69 Å². The highest BCUT2D eigenvalue weighted by Crippen LogP contribution is 2.25. The number of aryl methyl sites for hydroxylation is 2. The molecule has 6 nitrogen and oxygen atoms in total. The zero-order valence-electron chi connectivity index (χ0n) is 17.0. The van der Waals surface area contributed by atoms with E-state index in [1.54, 1.807) is 13.8 Å². The van der Waals surface area contributed by atoms with Gasteiger partial charge in [-0.1, -0.05) is 59.3 Å². The summed E-state index contributed by atoms with van der Waals surface area (Å²) in [6.45, 7) is 5.59. The van der Waals surface area contributed by atoms with Crippen LogP contribution in [-0.4, -0.2) is 25.0 Å². The van der Waals surface area contributed by atoms with Crippen LogP contribution in [0.25, 0.3) is 23.0 Å². The van der Waals surface area contributed by atoms with Gasteiger partial charge in [-0.25, -0.2) is 0 Å².